The number of isocyanates is 1. The van der Waals surface area contributed by atoms with Crippen LogP contribution in [0.15, 0.2) is 23.2 Å². The van der Waals surface area contributed by atoms with Gasteiger partial charge in [0.2, 0.25) is 6.08 Å². The largest absolute Gasteiger partial charge is 0.264 e. The first-order valence-corrected chi connectivity index (χ1v) is 6.07. The van der Waals surface area contributed by atoms with Gasteiger partial charge in [0.1, 0.15) is 0 Å². The fourth-order valence-corrected chi connectivity index (χ4v) is 2.68. The fourth-order valence-electron chi connectivity index (χ4n) is 2.68. The van der Waals surface area contributed by atoms with E-state index >= 15 is 0 Å². The Kier molecular flexibility index (Phi) is 3.58. The number of aliphatic imine (C=N–C) groups is 1. The summed E-state index contributed by atoms with van der Waals surface area (Å²) in [6.45, 7) is 1.66. The summed E-state index contributed by atoms with van der Waals surface area (Å²) < 4.78 is 25.8. The highest BCUT2D eigenvalue weighted by atomic mass is 19.3. The number of nitrogens with zero attached hydrogens (tertiary/aromatic N) is 1. The molecule has 0 spiro atoms. The predicted molar refractivity (Wildman–Crippen MR) is 64.4 cm³/mol. The molecule has 96 valence electrons. The molecular weight excluding hydrogens is 236 g/mol. The van der Waals surface area contributed by atoms with Gasteiger partial charge in [-0.15, -0.1) is 0 Å². The summed E-state index contributed by atoms with van der Waals surface area (Å²) in [6.07, 6.45) is 2.49. The molecule has 0 radical (unpaired) electrons. The van der Waals surface area contributed by atoms with Crippen molar-refractivity contribution in [2.24, 2.45) is 4.99 Å². The van der Waals surface area contributed by atoms with Crippen LogP contribution in [0.1, 0.15) is 48.8 Å². The predicted octanol–water partition coefficient (Wildman–Crippen LogP) is 4.04. The van der Waals surface area contributed by atoms with E-state index in [4.69, 9.17) is 0 Å². The van der Waals surface area contributed by atoms with Gasteiger partial charge in [-0.1, -0.05) is 25.0 Å². The van der Waals surface area contributed by atoms with Gasteiger partial charge in [0.15, 0.2) is 0 Å². The van der Waals surface area contributed by atoms with Crippen LogP contribution in [0.25, 0.3) is 0 Å². The van der Waals surface area contributed by atoms with Crippen molar-refractivity contribution in [1.29, 1.82) is 0 Å². The number of benzene rings is 1. The molecule has 0 unspecified atom stereocenters. The van der Waals surface area contributed by atoms with Crippen LogP contribution in [0.2, 0.25) is 0 Å². The van der Waals surface area contributed by atoms with Gasteiger partial charge in [-0.2, -0.15) is 4.99 Å². The minimum atomic E-state index is -2.50. The highest BCUT2D eigenvalue weighted by Gasteiger charge is 2.36. The summed E-state index contributed by atoms with van der Waals surface area (Å²) in [5, 5.41) is 0. The normalized spacial score (nSPS) is 17.8. The Morgan fingerprint density at radius 1 is 1.33 bits per heavy atom. The molecule has 1 fully saturated rings. The van der Waals surface area contributed by atoms with Crippen molar-refractivity contribution >= 4 is 6.08 Å². The Balaban J connectivity index is 2.49. The molecule has 4 heteroatoms. The van der Waals surface area contributed by atoms with Crippen molar-refractivity contribution < 1.29 is 13.6 Å². The molecule has 0 bridgehead atoms. The van der Waals surface area contributed by atoms with Crippen LogP contribution < -0.4 is 0 Å². The highest BCUT2D eigenvalue weighted by molar-refractivity contribution is 5.41. The highest BCUT2D eigenvalue weighted by Crippen LogP contribution is 2.43. The van der Waals surface area contributed by atoms with Crippen molar-refractivity contribution in [3.05, 3.63) is 34.9 Å². The van der Waals surface area contributed by atoms with Crippen molar-refractivity contribution in [3.8, 4) is 0 Å². The lowest BCUT2D eigenvalue weighted by Crippen LogP contribution is -2.19. The number of aryl methyl sites for hydroxylation is 1. The number of halogens is 2. The van der Waals surface area contributed by atoms with E-state index in [0.717, 1.165) is 25.7 Å². The molecule has 0 heterocycles. The number of hydrogen-bond acceptors (Lipinski definition) is 2. The summed E-state index contributed by atoms with van der Waals surface area (Å²) in [7, 11) is 0. The summed E-state index contributed by atoms with van der Waals surface area (Å²) in [5.74, 6) is 0. The molecule has 2 nitrogen and oxygen atoms in total. The second-order valence-electron chi connectivity index (χ2n) is 4.81. The van der Waals surface area contributed by atoms with E-state index in [0.29, 0.717) is 11.1 Å². The van der Waals surface area contributed by atoms with Crippen molar-refractivity contribution in [2.45, 2.75) is 44.6 Å². The van der Waals surface area contributed by atoms with Crippen LogP contribution in [-0.4, -0.2) is 6.08 Å². The first-order chi connectivity index (χ1) is 8.59. The molecular formula is C14H15F2NO. The number of alkyl halides is 2. The van der Waals surface area contributed by atoms with Crippen LogP contribution in [0.3, 0.4) is 0 Å². The number of carbonyl (C=O) groups excluding carboxylic acids is 1. The summed E-state index contributed by atoms with van der Waals surface area (Å²) in [5.41, 5.74) is 0.681. The molecule has 2 rings (SSSR count). The zero-order valence-electron chi connectivity index (χ0n) is 10.2. The maximum absolute atomic E-state index is 12.9. The lowest BCUT2D eigenvalue weighted by Gasteiger charge is -2.24. The fraction of sp³-hybridized carbons (Fsp3) is 0.500. The average Bonchev–Trinajstić information content (AvgIpc) is 2.79. The molecule has 0 amide bonds. The maximum Gasteiger partial charge on any atom is 0.264 e. The van der Waals surface area contributed by atoms with E-state index < -0.39 is 12.0 Å². The third kappa shape index (κ3) is 2.21. The third-order valence-electron chi connectivity index (χ3n) is 3.74. The first-order valence-electron chi connectivity index (χ1n) is 6.07. The van der Waals surface area contributed by atoms with Crippen LogP contribution in [0.5, 0.6) is 0 Å². The summed E-state index contributed by atoms with van der Waals surface area (Å²) in [4.78, 5) is 14.5. The van der Waals surface area contributed by atoms with Gasteiger partial charge in [0.25, 0.3) is 6.43 Å². The Hall–Kier alpha value is -1.54. The first kappa shape index (κ1) is 12.9. The maximum atomic E-state index is 12.9. The number of hydrogen-bond donors (Lipinski definition) is 0. The van der Waals surface area contributed by atoms with Crippen LogP contribution in [-0.2, 0) is 10.3 Å². The van der Waals surface area contributed by atoms with E-state index in [2.05, 4.69) is 4.99 Å². The summed E-state index contributed by atoms with van der Waals surface area (Å²) >= 11 is 0. The SMILES string of the molecule is Cc1ccc(C2(N=C=O)CCCC2)cc1C(F)F. The topological polar surface area (TPSA) is 29.4 Å². The van der Waals surface area contributed by atoms with Gasteiger partial charge in [-0.3, -0.25) is 0 Å². The van der Waals surface area contributed by atoms with Gasteiger partial charge >= 0.3 is 0 Å². The minimum Gasteiger partial charge on any atom is -0.211 e. The van der Waals surface area contributed by atoms with Crippen molar-refractivity contribution in [1.82, 2.24) is 0 Å². The molecule has 0 aromatic heterocycles. The molecule has 1 aliphatic carbocycles. The molecule has 0 atom stereocenters. The molecule has 18 heavy (non-hydrogen) atoms. The molecule has 0 N–H and O–H groups in total. The zero-order chi connectivity index (χ0) is 13.2. The minimum absolute atomic E-state index is 0.0277. The lowest BCUT2D eigenvalue weighted by molar-refractivity contribution is 0.150. The van der Waals surface area contributed by atoms with Crippen molar-refractivity contribution in [2.75, 3.05) is 0 Å². The second kappa shape index (κ2) is 4.99. The van der Waals surface area contributed by atoms with Crippen LogP contribution in [0.4, 0.5) is 8.78 Å². The van der Waals surface area contributed by atoms with Gasteiger partial charge in [0, 0.05) is 5.56 Å². The monoisotopic (exact) mass is 251 g/mol. The smallest absolute Gasteiger partial charge is 0.211 e. The quantitative estimate of drug-likeness (QED) is 0.589. The van der Waals surface area contributed by atoms with E-state index in [1.165, 1.54) is 6.07 Å². The van der Waals surface area contributed by atoms with Gasteiger partial charge < -0.3 is 0 Å². The van der Waals surface area contributed by atoms with Crippen molar-refractivity contribution in [3.63, 3.8) is 0 Å². The molecule has 0 saturated heterocycles. The van der Waals surface area contributed by atoms with Gasteiger partial charge in [-0.25, -0.2) is 13.6 Å². The Bertz CT molecular complexity index is 487. The molecule has 0 aliphatic heterocycles. The third-order valence-corrected chi connectivity index (χ3v) is 3.74. The van der Waals surface area contributed by atoms with E-state index in [-0.39, 0.29) is 5.56 Å². The van der Waals surface area contributed by atoms with Gasteiger partial charge in [0.05, 0.1) is 5.54 Å². The molecule has 1 aromatic carbocycles. The van der Waals surface area contributed by atoms with Crippen LogP contribution in [0, 0.1) is 6.92 Å². The number of rotatable bonds is 3. The second-order valence-corrected chi connectivity index (χ2v) is 4.81. The standard InChI is InChI=1S/C14H15F2NO/c1-10-4-5-11(8-12(10)13(15)16)14(17-9-18)6-2-3-7-14/h4-5,8,13H,2-3,6-7H2,1H3. The van der Waals surface area contributed by atoms with E-state index in [9.17, 15) is 13.6 Å². The lowest BCUT2D eigenvalue weighted by atomic mass is 9.87. The Labute approximate surface area is 105 Å². The van der Waals surface area contributed by atoms with E-state index in [1.54, 1.807) is 25.1 Å². The average molecular weight is 251 g/mol. The molecule has 1 aromatic rings. The van der Waals surface area contributed by atoms with Crippen LogP contribution >= 0.6 is 0 Å². The Morgan fingerprint density at radius 2 is 2.00 bits per heavy atom. The van der Waals surface area contributed by atoms with E-state index in [1.807, 2.05) is 0 Å². The van der Waals surface area contributed by atoms with Gasteiger partial charge in [-0.05, 0) is 37.0 Å². The summed E-state index contributed by atoms with van der Waals surface area (Å²) in [6, 6.07) is 4.97. The zero-order valence-corrected chi connectivity index (χ0v) is 10.2. The molecule has 1 aliphatic rings. The Morgan fingerprint density at radius 3 is 2.56 bits per heavy atom. The molecule has 1 saturated carbocycles.